The summed E-state index contributed by atoms with van der Waals surface area (Å²) in [6.07, 6.45) is 0. The lowest BCUT2D eigenvalue weighted by atomic mass is 10.2. The van der Waals surface area contributed by atoms with Crippen molar-refractivity contribution in [1.29, 1.82) is 0 Å². The third-order valence-electron chi connectivity index (χ3n) is 6.86. The van der Waals surface area contributed by atoms with Gasteiger partial charge in [0.2, 0.25) is 11.9 Å². The standard InChI is InChI=1S/C23H30N8O4.ClH/c1-27-19-18(21(33)28(2)23(27)34)31-14-15(25-22(31)26-19)20(32)24-8-9-29-10-12-30(13-11-29)16-6-4-5-7-17(16)35-3;/h4-7,15H,8-14H2,1-3H3,(H,24,32)(H,25,26);1H. The Morgan fingerprint density at radius 3 is 2.58 bits per heavy atom. The summed E-state index contributed by atoms with van der Waals surface area (Å²) < 4.78 is 9.55. The number of hydrogen-bond donors (Lipinski definition) is 2. The quantitative estimate of drug-likeness (QED) is 0.452. The van der Waals surface area contributed by atoms with Gasteiger partial charge in [0.15, 0.2) is 11.2 Å². The van der Waals surface area contributed by atoms with Crippen LogP contribution in [0.4, 0.5) is 11.6 Å². The van der Waals surface area contributed by atoms with Crippen LogP contribution in [-0.2, 0) is 25.4 Å². The van der Waals surface area contributed by atoms with Crippen LogP contribution < -0.4 is 31.5 Å². The van der Waals surface area contributed by atoms with Crippen molar-refractivity contribution in [2.24, 2.45) is 14.1 Å². The second-order valence-electron chi connectivity index (χ2n) is 8.91. The first-order chi connectivity index (χ1) is 16.9. The fraction of sp³-hybridized carbons (Fsp3) is 0.478. The predicted octanol–water partition coefficient (Wildman–Crippen LogP) is -0.403. The third-order valence-corrected chi connectivity index (χ3v) is 6.86. The minimum atomic E-state index is -0.522. The van der Waals surface area contributed by atoms with Crippen LogP contribution in [-0.4, -0.2) is 81.9 Å². The number of amides is 1. The zero-order chi connectivity index (χ0) is 24.7. The van der Waals surface area contributed by atoms with E-state index in [0.717, 1.165) is 48.7 Å². The molecule has 36 heavy (non-hydrogen) atoms. The first-order valence-electron chi connectivity index (χ1n) is 11.7. The average molecular weight is 519 g/mol. The maximum absolute atomic E-state index is 12.8. The van der Waals surface area contributed by atoms with E-state index in [-0.39, 0.29) is 24.9 Å². The zero-order valence-electron chi connectivity index (χ0n) is 20.6. The van der Waals surface area contributed by atoms with Crippen LogP contribution in [0.2, 0.25) is 0 Å². The van der Waals surface area contributed by atoms with Gasteiger partial charge in [-0.25, -0.2) is 4.79 Å². The van der Waals surface area contributed by atoms with Crippen LogP contribution >= 0.6 is 12.4 Å². The summed E-state index contributed by atoms with van der Waals surface area (Å²) in [5.41, 5.74) is 0.886. The van der Waals surface area contributed by atoms with Crippen LogP contribution in [0.5, 0.6) is 5.75 Å². The Balaban J connectivity index is 0.00000304. The molecule has 1 aromatic carbocycles. The number of carbonyl (C=O) groups excluding carboxylic acids is 1. The van der Waals surface area contributed by atoms with E-state index in [4.69, 9.17) is 4.74 Å². The van der Waals surface area contributed by atoms with E-state index in [1.54, 1.807) is 18.7 Å². The molecule has 0 aliphatic carbocycles. The molecule has 2 aliphatic heterocycles. The predicted molar refractivity (Wildman–Crippen MR) is 140 cm³/mol. The number of halogens is 1. The molecule has 194 valence electrons. The normalized spacial score (nSPS) is 17.4. The van der Waals surface area contributed by atoms with Gasteiger partial charge in [-0.1, -0.05) is 12.1 Å². The molecule has 2 aliphatic rings. The highest BCUT2D eigenvalue weighted by Crippen LogP contribution is 2.28. The number of nitrogens with one attached hydrogen (secondary N) is 2. The SMILES string of the molecule is COc1ccccc1N1CCN(CCNC(=O)C2Cn3c(nc4c3c(=O)n(C)c(=O)n4C)N2)CC1.Cl. The second kappa shape index (κ2) is 10.2. The van der Waals surface area contributed by atoms with Gasteiger partial charge in [-0.2, -0.15) is 4.98 Å². The summed E-state index contributed by atoms with van der Waals surface area (Å²) in [7, 11) is 4.70. The van der Waals surface area contributed by atoms with Crippen molar-refractivity contribution in [3.8, 4) is 5.75 Å². The molecule has 4 heterocycles. The molecule has 0 bridgehead atoms. The van der Waals surface area contributed by atoms with Crippen molar-refractivity contribution in [2.45, 2.75) is 12.6 Å². The van der Waals surface area contributed by atoms with E-state index < -0.39 is 17.3 Å². The van der Waals surface area contributed by atoms with E-state index >= 15 is 0 Å². The number of rotatable bonds is 6. The van der Waals surface area contributed by atoms with E-state index in [1.807, 2.05) is 18.2 Å². The number of hydrogen-bond acceptors (Lipinski definition) is 8. The molecule has 1 amide bonds. The highest BCUT2D eigenvalue weighted by molar-refractivity contribution is 5.87. The number of aromatic nitrogens is 4. The van der Waals surface area contributed by atoms with Gasteiger partial charge in [0.05, 0.1) is 19.3 Å². The monoisotopic (exact) mass is 518 g/mol. The van der Waals surface area contributed by atoms with E-state index in [9.17, 15) is 14.4 Å². The first-order valence-corrected chi connectivity index (χ1v) is 11.7. The summed E-state index contributed by atoms with van der Waals surface area (Å²) in [6, 6.07) is 7.52. The van der Waals surface area contributed by atoms with Gasteiger partial charge < -0.3 is 24.8 Å². The van der Waals surface area contributed by atoms with E-state index in [1.165, 1.54) is 11.6 Å². The topological polar surface area (TPSA) is 119 Å². The van der Waals surface area contributed by atoms with Gasteiger partial charge in [0.1, 0.15) is 11.8 Å². The van der Waals surface area contributed by atoms with Crippen LogP contribution in [0.25, 0.3) is 11.2 Å². The Morgan fingerprint density at radius 2 is 1.86 bits per heavy atom. The fourth-order valence-corrected chi connectivity index (χ4v) is 4.83. The number of aryl methyl sites for hydroxylation is 1. The number of ether oxygens (including phenoxy) is 1. The minimum Gasteiger partial charge on any atom is -0.495 e. The summed E-state index contributed by atoms with van der Waals surface area (Å²) >= 11 is 0. The molecule has 1 fully saturated rings. The number of carbonyl (C=O) groups is 1. The van der Waals surface area contributed by atoms with Crippen LogP contribution in [0.1, 0.15) is 0 Å². The largest absolute Gasteiger partial charge is 0.495 e. The van der Waals surface area contributed by atoms with Crippen molar-refractivity contribution < 1.29 is 9.53 Å². The molecule has 13 heteroatoms. The molecule has 5 rings (SSSR count). The minimum absolute atomic E-state index is 0. The maximum atomic E-state index is 12.8. The highest BCUT2D eigenvalue weighted by atomic mass is 35.5. The van der Waals surface area contributed by atoms with Gasteiger partial charge in [-0.15, -0.1) is 12.4 Å². The number of nitrogens with zero attached hydrogens (tertiary/aromatic N) is 6. The lowest BCUT2D eigenvalue weighted by Crippen LogP contribution is -2.49. The van der Waals surface area contributed by atoms with Gasteiger partial charge in [-0.05, 0) is 12.1 Å². The molecule has 1 unspecified atom stereocenters. The van der Waals surface area contributed by atoms with Gasteiger partial charge >= 0.3 is 5.69 Å². The van der Waals surface area contributed by atoms with Gasteiger partial charge in [0.25, 0.3) is 5.56 Å². The Labute approximate surface area is 213 Å². The number of benzene rings is 1. The summed E-state index contributed by atoms with van der Waals surface area (Å²) in [5, 5.41) is 6.08. The average Bonchev–Trinajstić information content (AvgIpc) is 3.45. The van der Waals surface area contributed by atoms with Crippen LogP contribution in [0.15, 0.2) is 33.9 Å². The molecular weight excluding hydrogens is 488 g/mol. The maximum Gasteiger partial charge on any atom is 0.332 e. The molecular formula is C23H31ClN8O4. The van der Waals surface area contributed by atoms with Crippen molar-refractivity contribution in [2.75, 3.05) is 56.6 Å². The van der Waals surface area contributed by atoms with Gasteiger partial charge in [-0.3, -0.25) is 23.6 Å². The number of methoxy groups -OCH3 is 1. The number of piperazine rings is 1. The lowest BCUT2D eigenvalue weighted by molar-refractivity contribution is -0.121. The van der Waals surface area contributed by atoms with Gasteiger partial charge in [0, 0.05) is 53.4 Å². The smallest absolute Gasteiger partial charge is 0.332 e. The van der Waals surface area contributed by atoms with Crippen molar-refractivity contribution in [1.82, 2.24) is 28.9 Å². The molecule has 0 radical (unpaired) electrons. The molecule has 12 nitrogen and oxygen atoms in total. The molecule has 1 saturated heterocycles. The fourth-order valence-electron chi connectivity index (χ4n) is 4.83. The van der Waals surface area contributed by atoms with E-state index in [0.29, 0.717) is 23.7 Å². The van der Waals surface area contributed by atoms with Crippen molar-refractivity contribution in [3.05, 3.63) is 45.1 Å². The molecule has 2 N–H and O–H groups in total. The summed E-state index contributed by atoms with van der Waals surface area (Å²) in [5.74, 6) is 1.16. The van der Waals surface area contributed by atoms with Crippen LogP contribution in [0, 0.1) is 0 Å². The molecule has 2 aromatic heterocycles. The number of fused-ring (bicyclic) bond motifs is 3. The Kier molecular flexibility index (Phi) is 7.27. The highest BCUT2D eigenvalue weighted by Gasteiger charge is 2.31. The molecule has 0 saturated carbocycles. The van der Waals surface area contributed by atoms with Crippen LogP contribution in [0.3, 0.4) is 0 Å². The zero-order valence-corrected chi connectivity index (χ0v) is 21.4. The lowest BCUT2D eigenvalue weighted by Gasteiger charge is -2.36. The molecule has 3 aromatic rings. The summed E-state index contributed by atoms with van der Waals surface area (Å²) in [4.78, 5) is 46.6. The third kappa shape index (κ3) is 4.42. The molecule has 0 spiro atoms. The number of anilines is 2. The second-order valence-corrected chi connectivity index (χ2v) is 8.91. The van der Waals surface area contributed by atoms with E-state index in [2.05, 4.69) is 31.5 Å². The Bertz CT molecular complexity index is 1390. The first kappa shape index (κ1) is 25.6. The Morgan fingerprint density at radius 1 is 1.14 bits per heavy atom. The number of para-hydroxylation sites is 2. The van der Waals surface area contributed by atoms with Crippen molar-refractivity contribution >= 4 is 41.1 Å². The molecule has 1 atom stereocenters. The Hall–Kier alpha value is -3.51. The summed E-state index contributed by atoms with van der Waals surface area (Å²) in [6.45, 7) is 5.16. The number of imidazole rings is 1. The van der Waals surface area contributed by atoms with Crippen molar-refractivity contribution in [3.63, 3.8) is 0 Å².